The minimum absolute atomic E-state index is 0.137. The van der Waals surface area contributed by atoms with E-state index in [-0.39, 0.29) is 5.75 Å². The third-order valence-corrected chi connectivity index (χ3v) is 5.21. The van der Waals surface area contributed by atoms with Crippen LogP contribution in [0.25, 0.3) is 0 Å². The molecule has 0 aliphatic heterocycles. The molecular formula is C14H21NO3S. The molecule has 0 atom stereocenters. The maximum absolute atomic E-state index is 11.7. The van der Waals surface area contributed by atoms with Crippen molar-refractivity contribution >= 4 is 15.5 Å². The summed E-state index contributed by atoms with van der Waals surface area (Å²) >= 11 is 0. The maximum atomic E-state index is 11.7. The molecule has 0 spiro atoms. The zero-order valence-corrected chi connectivity index (χ0v) is 12.2. The first-order chi connectivity index (χ1) is 9.05. The van der Waals surface area contributed by atoms with Crippen LogP contribution in [0.1, 0.15) is 26.7 Å². The Balaban J connectivity index is 1.90. The smallest absolute Gasteiger partial charge is 0.178 e. The lowest BCUT2D eigenvalue weighted by Gasteiger charge is -2.36. The van der Waals surface area contributed by atoms with Gasteiger partial charge in [-0.1, -0.05) is 6.92 Å². The molecule has 1 aromatic carbocycles. The second kappa shape index (κ2) is 5.92. The van der Waals surface area contributed by atoms with Crippen LogP contribution in [0, 0.1) is 0 Å². The van der Waals surface area contributed by atoms with Gasteiger partial charge in [-0.05, 0) is 44.0 Å². The zero-order chi connectivity index (χ0) is 13.9. The van der Waals surface area contributed by atoms with E-state index in [1.54, 1.807) is 19.1 Å². The lowest BCUT2D eigenvalue weighted by Crippen LogP contribution is -2.40. The predicted molar refractivity (Wildman–Crippen MR) is 76.2 cm³/mol. The fraction of sp³-hybridized carbons (Fsp3) is 0.571. The summed E-state index contributed by atoms with van der Waals surface area (Å²) in [6.07, 6.45) is 2.41. The van der Waals surface area contributed by atoms with Gasteiger partial charge in [0, 0.05) is 18.3 Å². The van der Waals surface area contributed by atoms with Crippen LogP contribution in [0.3, 0.4) is 0 Å². The lowest BCUT2D eigenvalue weighted by atomic mass is 9.89. The third-order valence-electron chi connectivity index (χ3n) is 3.46. The monoisotopic (exact) mass is 283 g/mol. The molecule has 0 heterocycles. The van der Waals surface area contributed by atoms with Crippen LogP contribution < -0.4 is 5.32 Å². The minimum atomic E-state index is -3.10. The van der Waals surface area contributed by atoms with Gasteiger partial charge in [-0.2, -0.15) is 0 Å². The molecule has 0 bridgehead atoms. The van der Waals surface area contributed by atoms with E-state index in [1.807, 2.05) is 19.1 Å². The summed E-state index contributed by atoms with van der Waals surface area (Å²) in [4.78, 5) is 0.390. The van der Waals surface area contributed by atoms with E-state index in [1.165, 1.54) is 0 Å². The Morgan fingerprint density at radius 1 is 1.21 bits per heavy atom. The summed E-state index contributed by atoms with van der Waals surface area (Å²) < 4.78 is 28.9. The Labute approximate surface area is 115 Å². The fourth-order valence-corrected chi connectivity index (χ4v) is 3.10. The number of benzene rings is 1. The van der Waals surface area contributed by atoms with E-state index in [2.05, 4.69) is 5.32 Å². The second-order valence-electron chi connectivity index (χ2n) is 4.82. The van der Waals surface area contributed by atoms with Gasteiger partial charge in [-0.25, -0.2) is 8.42 Å². The Kier molecular flexibility index (Phi) is 4.47. The van der Waals surface area contributed by atoms with Gasteiger partial charge in [0.2, 0.25) is 0 Å². The molecule has 106 valence electrons. The van der Waals surface area contributed by atoms with E-state index in [4.69, 9.17) is 4.74 Å². The maximum Gasteiger partial charge on any atom is 0.178 e. The molecular weight excluding hydrogens is 262 g/mol. The molecule has 1 aliphatic carbocycles. The average molecular weight is 283 g/mol. The summed E-state index contributed by atoms with van der Waals surface area (Å²) in [5, 5.41) is 3.39. The Bertz CT molecular complexity index is 504. The van der Waals surface area contributed by atoms with Crippen LogP contribution in [-0.4, -0.2) is 32.9 Å². The van der Waals surface area contributed by atoms with E-state index >= 15 is 0 Å². The molecule has 1 N–H and O–H groups in total. The number of hydrogen-bond donors (Lipinski definition) is 1. The Morgan fingerprint density at radius 2 is 1.84 bits per heavy atom. The van der Waals surface area contributed by atoms with Gasteiger partial charge in [0.15, 0.2) is 9.84 Å². The van der Waals surface area contributed by atoms with Crippen molar-refractivity contribution in [2.75, 3.05) is 17.7 Å². The van der Waals surface area contributed by atoms with E-state index in [0.29, 0.717) is 17.0 Å². The molecule has 0 radical (unpaired) electrons. The van der Waals surface area contributed by atoms with Crippen LogP contribution in [0.5, 0.6) is 0 Å². The molecule has 1 fully saturated rings. The van der Waals surface area contributed by atoms with Crippen molar-refractivity contribution in [2.45, 2.75) is 43.7 Å². The van der Waals surface area contributed by atoms with E-state index in [0.717, 1.165) is 25.1 Å². The molecule has 2 rings (SSSR count). The number of ether oxygens (including phenoxy) is 1. The second-order valence-corrected chi connectivity index (χ2v) is 7.10. The molecule has 19 heavy (non-hydrogen) atoms. The topological polar surface area (TPSA) is 55.4 Å². The van der Waals surface area contributed by atoms with Crippen LogP contribution in [-0.2, 0) is 14.6 Å². The van der Waals surface area contributed by atoms with Crippen molar-refractivity contribution < 1.29 is 13.2 Å². The van der Waals surface area contributed by atoms with Crippen molar-refractivity contribution in [3.05, 3.63) is 24.3 Å². The van der Waals surface area contributed by atoms with Gasteiger partial charge in [0.1, 0.15) is 0 Å². The summed E-state index contributed by atoms with van der Waals surface area (Å²) in [6, 6.07) is 7.43. The predicted octanol–water partition coefficient (Wildman–Crippen LogP) is 2.46. The molecule has 0 aromatic heterocycles. The zero-order valence-electron chi connectivity index (χ0n) is 11.4. The Hall–Kier alpha value is -1.07. The molecule has 0 unspecified atom stereocenters. The van der Waals surface area contributed by atoms with Gasteiger partial charge in [0.05, 0.1) is 16.8 Å². The van der Waals surface area contributed by atoms with Crippen LogP contribution in [0.2, 0.25) is 0 Å². The highest BCUT2D eigenvalue weighted by Crippen LogP contribution is 2.27. The quantitative estimate of drug-likeness (QED) is 0.871. The normalized spacial score (nSPS) is 22.8. The summed E-state index contributed by atoms with van der Waals surface area (Å²) in [6.45, 7) is 4.43. The molecule has 0 saturated heterocycles. The third kappa shape index (κ3) is 3.48. The SMILES string of the molecule is CCOC1CC(Nc2ccc(S(=O)(=O)CC)cc2)C1. The standard InChI is InChI=1S/C14H21NO3S/c1-3-18-13-9-12(10-13)15-11-5-7-14(8-6-11)19(16,17)4-2/h5-8,12-13,15H,3-4,9-10H2,1-2H3. The van der Waals surface area contributed by atoms with Crippen molar-refractivity contribution in [3.63, 3.8) is 0 Å². The van der Waals surface area contributed by atoms with Gasteiger partial charge >= 0.3 is 0 Å². The van der Waals surface area contributed by atoms with Crippen molar-refractivity contribution in [1.29, 1.82) is 0 Å². The highest BCUT2D eigenvalue weighted by atomic mass is 32.2. The first kappa shape index (κ1) is 14.3. The van der Waals surface area contributed by atoms with Crippen molar-refractivity contribution in [3.8, 4) is 0 Å². The number of rotatable bonds is 6. The molecule has 4 nitrogen and oxygen atoms in total. The van der Waals surface area contributed by atoms with E-state index in [9.17, 15) is 8.42 Å². The number of nitrogens with one attached hydrogen (secondary N) is 1. The van der Waals surface area contributed by atoms with Gasteiger partial charge in [-0.15, -0.1) is 0 Å². The molecule has 5 heteroatoms. The van der Waals surface area contributed by atoms with Crippen LogP contribution in [0.4, 0.5) is 5.69 Å². The minimum Gasteiger partial charge on any atom is -0.382 e. The van der Waals surface area contributed by atoms with Gasteiger partial charge in [0.25, 0.3) is 0 Å². The highest BCUT2D eigenvalue weighted by molar-refractivity contribution is 7.91. The van der Waals surface area contributed by atoms with Crippen LogP contribution >= 0.6 is 0 Å². The number of sulfone groups is 1. The first-order valence-electron chi connectivity index (χ1n) is 6.76. The fourth-order valence-electron chi connectivity index (χ4n) is 2.22. The van der Waals surface area contributed by atoms with Gasteiger partial charge in [-0.3, -0.25) is 0 Å². The molecule has 1 saturated carbocycles. The molecule has 1 aliphatic rings. The molecule has 1 aromatic rings. The van der Waals surface area contributed by atoms with Crippen molar-refractivity contribution in [1.82, 2.24) is 0 Å². The average Bonchev–Trinajstić information content (AvgIpc) is 2.37. The Morgan fingerprint density at radius 3 is 2.37 bits per heavy atom. The van der Waals surface area contributed by atoms with Crippen LogP contribution in [0.15, 0.2) is 29.2 Å². The lowest BCUT2D eigenvalue weighted by molar-refractivity contribution is 0.00299. The summed E-state index contributed by atoms with van der Waals surface area (Å²) in [5.74, 6) is 0.137. The van der Waals surface area contributed by atoms with E-state index < -0.39 is 9.84 Å². The highest BCUT2D eigenvalue weighted by Gasteiger charge is 2.29. The number of anilines is 1. The number of hydrogen-bond acceptors (Lipinski definition) is 4. The molecule has 0 amide bonds. The summed E-state index contributed by atoms with van der Waals surface area (Å²) in [7, 11) is -3.10. The first-order valence-corrected chi connectivity index (χ1v) is 8.41. The largest absolute Gasteiger partial charge is 0.382 e. The van der Waals surface area contributed by atoms with Crippen molar-refractivity contribution in [2.24, 2.45) is 0 Å². The summed E-state index contributed by atoms with van der Waals surface area (Å²) in [5.41, 5.74) is 0.968. The van der Waals surface area contributed by atoms with Gasteiger partial charge < -0.3 is 10.1 Å².